The molecule has 136 valence electrons. The van der Waals surface area contributed by atoms with Crippen LogP contribution in [0.3, 0.4) is 0 Å². The van der Waals surface area contributed by atoms with E-state index in [-0.39, 0.29) is 10.9 Å². The van der Waals surface area contributed by atoms with E-state index in [0.717, 1.165) is 17.2 Å². The maximum absolute atomic E-state index is 12.6. The summed E-state index contributed by atoms with van der Waals surface area (Å²) in [5.41, 5.74) is 1.85. The van der Waals surface area contributed by atoms with Crippen LogP contribution in [-0.4, -0.2) is 21.5 Å². The number of benzene rings is 2. The summed E-state index contributed by atoms with van der Waals surface area (Å²) < 4.78 is 38.1. The molecule has 3 rings (SSSR count). The Balaban J connectivity index is 1.78. The topological polar surface area (TPSA) is 81.7 Å². The lowest BCUT2D eigenvalue weighted by Gasteiger charge is -2.15. The number of esters is 1. The van der Waals surface area contributed by atoms with Gasteiger partial charge < -0.3 is 9.47 Å². The SMILES string of the molecule is C=CC(=O)Oc1ccc2c(c1)CCC2NS(=O)(=O)c1ccc(OC)cc1. The van der Waals surface area contributed by atoms with Gasteiger partial charge in [0.2, 0.25) is 10.0 Å². The monoisotopic (exact) mass is 373 g/mol. The van der Waals surface area contributed by atoms with Crippen LogP contribution in [0.15, 0.2) is 60.0 Å². The molecule has 6 nitrogen and oxygen atoms in total. The summed E-state index contributed by atoms with van der Waals surface area (Å²) >= 11 is 0. The molecule has 0 amide bonds. The van der Waals surface area contributed by atoms with Gasteiger partial charge in [0.05, 0.1) is 12.0 Å². The zero-order valence-corrected chi connectivity index (χ0v) is 15.1. The van der Waals surface area contributed by atoms with E-state index in [9.17, 15) is 13.2 Å². The quantitative estimate of drug-likeness (QED) is 0.478. The third-order valence-corrected chi connectivity index (χ3v) is 5.73. The summed E-state index contributed by atoms with van der Waals surface area (Å²) in [7, 11) is -2.12. The molecular weight excluding hydrogens is 354 g/mol. The second kappa shape index (κ2) is 7.31. The summed E-state index contributed by atoms with van der Waals surface area (Å²) in [5, 5.41) is 0. The Kier molecular flexibility index (Phi) is 5.11. The van der Waals surface area contributed by atoms with E-state index in [1.807, 2.05) is 0 Å². The fourth-order valence-corrected chi connectivity index (χ4v) is 4.20. The Morgan fingerprint density at radius 3 is 2.54 bits per heavy atom. The number of methoxy groups -OCH3 is 1. The first kappa shape index (κ1) is 18.2. The largest absolute Gasteiger partial charge is 0.497 e. The van der Waals surface area contributed by atoms with Gasteiger partial charge in [-0.2, -0.15) is 0 Å². The lowest BCUT2D eigenvalue weighted by atomic mass is 10.1. The van der Waals surface area contributed by atoms with Gasteiger partial charge in [-0.25, -0.2) is 17.9 Å². The fraction of sp³-hybridized carbons (Fsp3) is 0.211. The molecule has 1 aliphatic rings. The Morgan fingerprint density at radius 1 is 1.19 bits per heavy atom. The first-order valence-corrected chi connectivity index (χ1v) is 9.54. The molecule has 0 saturated carbocycles. The molecule has 2 aromatic rings. The van der Waals surface area contributed by atoms with Gasteiger partial charge in [-0.05, 0) is 60.4 Å². The Bertz CT molecular complexity index is 935. The van der Waals surface area contributed by atoms with Crippen LogP contribution in [0.2, 0.25) is 0 Å². The molecule has 1 aliphatic carbocycles. The van der Waals surface area contributed by atoms with Crippen LogP contribution in [-0.2, 0) is 21.2 Å². The second-order valence-corrected chi connectivity index (χ2v) is 7.59. The van der Waals surface area contributed by atoms with Crippen LogP contribution in [0.5, 0.6) is 11.5 Å². The molecule has 1 N–H and O–H groups in total. The van der Waals surface area contributed by atoms with E-state index in [0.29, 0.717) is 24.3 Å². The highest BCUT2D eigenvalue weighted by Gasteiger charge is 2.28. The lowest BCUT2D eigenvalue weighted by molar-refractivity contribution is -0.128. The molecule has 1 unspecified atom stereocenters. The lowest BCUT2D eigenvalue weighted by Crippen LogP contribution is -2.27. The number of sulfonamides is 1. The van der Waals surface area contributed by atoms with E-state index in [1.165, 1.54) is 19.2 Å². The highest BCUT2D eigenvalue weighted by Crippen LogP contribution is 2.34. The third-order valence-electron chi connectivity index (χ3n) is 4.24. The standard InChI is InChI=1S/C19H19NO5S/c1-3-19(21)25-15-7-10-17-13(12-15)4-11-18(17)20-26(22,23)16-8-5-14(24-2)6-9-16/h3,5-10,12,18,20H,1,4,11H2,2H3. The van der Waals surface area contributed by atoms with Crippen molar-refractivity contribution in [1.29, 1.82) is 0 Å². The van der Waals surface area contributed by atoms with Gasteiger partial charge in [0.25, 0.3) is 0 Å². The maximum atomic E-state index is 12.6. The van der Waals surface area contributed by atoms with Crippen molar-refractivity contribution < 1.29 is 22.7 Å². The van der Waals surface area contributed by atoms with E-state index < -0.39 is 16.0 Å². The number of rotatable bonds is 6. The molecular formula is C19H19NO5S. The highest BCUT2D eigenvalue weighted by atomic mass is 32.2. The van der Waals surface area contributed by atoms with Crippen molar-refractivity contribution in [2.75, 3.05) is 7.11 Å². The number of carbonyl (C=O) groups excluding carboxylic acids is 1. The van der Waals surface area contributed by atoms with E-state index in [2.05, 4.69) is 11.3 Å². The molecule has 0 spiro atoms. The summed E-state index contributed by atoms with van der Waals surface area (Å²) in [4.78, 5) is 11.5. The first-order valence-electron chi connectivity index (χ1n) is 8.06. The molecule has 0 fully saturated rings. The number of hydrogen-bond donors (Lipinski definition) is 1. The van der Waals surface area contributed by atoms with Gasteiger partial charge in [-0.15, -0.1) is 0 Å². The average molecular weight is 373 g/mol. The van der Waals surface area contributed by atoms with Gasteiger partial charge in [-0.3, -0.25) is 0 Å². The molecule has 0 aliphatic heterocycles. The van der Waals surface area contributed by atoms with Crippen molar-refractivity contribution in [3.63, 3.8) is 0 Å². The first-order chi connectivity index (χ1) is 12.4. The van der Waals surface area contributed by atoms with Crippen molar-refractivity contribution in [2.45, 2.75) is 23.8 Å². The van der Waals surface area contributed by atoms with Gasteiger partial charge in [-0.1, -0.05) is 12.6 Å². The van der Waals surface area contributed by atoms with Crippen LogP contribution < -0.4 is 14.2 Å². The molecule has 26 heavy (non-hydrogen) atoms. The van der Waals surface area contributed by atoms with Crippen molar-refractivity contribution in [2.24, 2.45) is 0 Å². The van der Waals surface area contributed by atoms with Gasteiger partial charge >= 0.3 is 5.97 Å². The minimum Gasteiger partial charge on any atom is -0.497 e. The summed E-state index contributed by atoms with van der Waals surface area (Å²) in [6.07, 6.45) is 2.44. The van der Waals surface area contributed by atoms with E-state index in [1.54, 1.807) is 30.3 Å². The molecule has 0 aromatic heterocycles. The van der Waals surface area contributed by atoms with Crippen LogP contribution in [0.1, 0.15) is 23.6 Å². The van der Waals surface area contributed by atoms with Gasteiger partial charge in [0, 0.05) is 12.1 Å². The normalized spacial score (nSPS) is 16.0. The van der Waals surface area contributed by atoms with Gasteiger partial charge in [0.15, 0.2) is 0 Å². The molecule has 0 bridgehead atoms. The number of aryl methyl sites for hydroxylation is 1. The number of fused-ring (bicyclic) bond motifs is 1. The number of hydrogen-bond acceptors (Lipinski definition) is 5. The summed E-state index contributed by atoms with van der Waals surface area (Å²) in [6, 6.07) is 11.1. The van der Waals surface area contributed by atoms with Crippen molar-refractivity contribution in [1.82, 2.24) is 4.72 Å². The Labute approximate surface area is 152 Å². The zero-order valence-electron chi connectivity index (χ0n) is 14.3. The molecule has 0 saturated heterocycles. The Hall–Kier alpha value is -2.64. The Morgan fingerprint density at radius 2 is 1.88 bits per heavy atom. The van der Waals surface area contributed by atoms with Crippen molar-refractivity contribution in [3.8, 4) is 11.5 Å². The second-order valence-electron chi connectivity index (χ2n) is 5.87. The molecule has 0 radical (unpaired) electrons. The highest BCUT2D eigenvalue weighted by molar-refractivity contribution is 7.89. The van der Waals surface area contributed by atoms with Crippen molar-refractivity contribution >= 4 is 16.0 Å². The molecule has 0 heterocycles. The van der Waals surface area contributed by atoms with Crippen LogP contribution in [0.4, 0.5) is 0 Å². The summed E-state index contributed by atoms with van der Waals surface area (Å²) in [5.74, 6) is 0.490. The average Bonchev–Trinajstić information content (AvgIpc) is 3.03. The molecule has 1 atom stereocenters. The number of carbonyl (C=O) groups is 1. The summed E-state index contributed by atoms with van der Waals surface area (Å²) in [6.45, 7) is 3.36. The predicted molar refractivity (Wildman–Crippen MR) is 96.7 cm³/mol. The van der Waals surface area contributed by atoms with Crippen LogP contribution in [0, 0.1) is 0 Å². The maximum Gasteiger partial charge on any atom is 0.335 e. The zero-order chi connectivity index (χ0) is 18.7. The van der Waals surface area contributed by atoms with Crippen LogP contribution >= 0.6 is 0 Å². The van der Waals surface area contributed by atoms with Crippen molar-refractivity contribution in [3.05, 3.63) is 66.2 Å². The number of nitrogens with one attached hydrogen (secondary N) is 1. The smallest absolute Gasteiger partial charge is 0.335 e. The fourth-order valence-electron chi connectivity index (χ4n) is 2.95. The minimum absolute atomic E-state index is 0.184. The van der Waals surface area contributed by atoms with Crippen LogP contribution in [0.25, 0.3) is 0 Å². The minimum atomic E-state index is -3.65. The third kappa shape index (κ3) is 3.79. The molecule has 7 heteroatoms. The molecule has 2 aromatic carbocycles. The predicted octanol–water partition coefficient (Wildman–Crippen LogP) is 2.75. The van der Waals surface area contributed by atoms with E-state index >= 15 is 0 Å². The van der Waals surface area contributed by atoms with E-state index in [4.69, 9.17) is 9.47 Å². The number of ether oxygens (including phenoxy) is 2. The van der Waals surface area contributed by atoms with Gasteiger partial charge in [0.1, 0.15) is 11.5 Å².